The predicted octanol–water partition coefficient (Wildman–Crippen LogP) is 1.98. The van der Waals surface area contributed by atoms with E-state index < -0.39 is 28.8 Å². The number of aromatic nitrogens is 3. The number of hydrogen-bond acceptors (Lipinski definition) is 9. The van der Waals surface area contributed by atoms with Crippen LogP contribution in [0, 0.1) is 16.8 Å². The molecule has 11 nitrogen and oxygen atoms in total. The number of rotatable bonds is 0. The average molecular weight is 547 g/mol. The molecule has 4 aromatic rings. The summed E-state index contributed by atoms with van der Waals surface area (Å²) in [5, 5.41) is 54.6. The third-order valence-electron chi connectivity index (χ3n) is 5.39. The predicted molar refractivity (Wildman–Crippen MR) is 131 cm³/mol. The van der Waals surface area contributed by atoms with E-state index in [2.05, 4.69) is 5.10 Å². The van der Waals surface area contributed by atoms with Gasteiger partial charge in [-0.05, 0) is 6.07 Å². The second kappa shape index (κ2) is 11.5. The quantitative estimate of drug-likeness (QED) is 0.0739. The van der Waals surface area contributed by atoms with Crippen molar-refractivity contribution in [1.82, 2.24) is 5.10 Å². The van der Waals surface area contributed by atoms with Gasteiger partial charge >= 0.3 is 5.95 Å². The van der Waals surface area contributed by atoms with Crippen molar-refractivity contribution in [1.29, 1.82) is 0 Å². The van der Waals surface area contributed by atoms with Crippen molar-refractivity contribution in [3.8, 4) is 17.2 Å². The van der Waals surface area contributed by atoms with E-state index in [1.165, 1.54) is 24.3 Å². The number of phenolic OH excluding ortho intramolecular Hbond substituents is 3. The van der Waals surface area contributed by atoms with Crippen LogP contribution in [0.15, 0.2) is 78.9 Å². The Kier molecular flexibility index (Phi) is 8.46. The number of nitrogens with two attached hydrogens (primary N) is 1. The van der Waals surface area contributed by atoms with Crippen LogP contribution in [-0.4, -0.2) is 32.0 Å². The molecule has 1 radical (unpaired) electrons. The molecule has 38 heavy (non-hydrogen) atoms. The van der Waals surface area contributed by atoms with Crippen molar-refractivity contribution in [2.75, 3.05) is 5.73 Å². The number of phenols is 3. The first-order valence-corrected chi connectivity index (χ1v) is 10.7. The molecule has 5 N–H and O–H groups in total. The molecule has 0 aliphatic heterocycles. The fourth-order valence-corrected chi connectivity index (χ4v) is 3.67. The van der Waals surface area contributed by atoms with Crippen LogP contribution in [0.5, 0.6) is 17.2 Å². The summed E-state index contributed by atoms with van der Waals surface area (Å²) in [7, 11) is 0. The van der Waals surface area contributed by atoms with Crippen LogP contribution in [-0.2, 0) is 21.7 Å². The molecule has 0 unspecified atom stereocenters. The Morgan fingerprint density at radius 2 is 1.26 bits per heavy atom. The summed E-state index contributed by atoms with van der Waals surface area (Å²) in [5.41, 5.74) is 5.29. The molecule has 0 saturated carbocycles. The smallest absolute Gasteiger partial charge is 0.458 e. The maximum atomic E-state index is 12.2. The fraction of sp³-hybridized carbons (Fsp3) is 0. The Morgan fingerprint density at radius 1 is 0.737 bits per heavy atom. The number of carbonyl (C=O) groups is 2. The summed E-state index contributed by atoms with van der Waals surface area (Å²) >= 11 is 0. The monoisotopic (exact) mass is 547 g/mol. The van der Waals surface area contributed by atoms with Gasteiger partial charge in [0, 0.05) is 56.2 Å². The standard InChI is InChI=1S/C14H8O5.C7H6N4O2.C5H5.Ti/c15-8-5-9(16)14(19)11-10(8)12(17)6-3-1-2-4-7(6)13(11)18;8-7-9-11(13)6-4-2-1-3-5(6)10(7)12;1-2-4-5-3-1;/h1-5,15-16,19H;1-4H,(H2,8,9);1-5H;. The molecule has 189 valence electrons. The third-order valence-corrected chi connectivity index (χ3v) is 5.39. The molecule has 3 aromatic carbocycles. The molecule has 1 aromatic heterocycles. The zero-order valence-electron chi connectivity index (χ0n) is 19.5. The van der Waals surface area contributed by atoms with Gasteiger partial charge in [0.1, 0.15) is 5.75 Å². The summed E-state index contributed by atoms with van der Waals surface area (Å²) in [4.78, 5) is 24.8. The SMILES string of the molecule is Nc1n[n+]([O-])c2ccccc2[n+]1[O-].O=C1c2ccccc2C(=O)c2c(O)c(O)cc(O)c21.[CH]1C=CC=C1.[Ti]. The van der Waals surface area contributed by atoms with Crippen LogP contribution in [0.2, 0.25) is 0 Å². The van der Waals surface area contributed by atoms with Gasteiger partial charge in [0.25, 0.3) is 5.52 Å². The Bertz CT molecular complexity index is 1610. The number of para-hydroxylation sites is 2. The Labute approximate surface area is 230 Å². The molecular formula is C26H19N4O7Ti. The van der Waals surface area contributed by atoms with E-state index in [0.29, 0.717) is 9.58 Å². The van der Waals surface area contributed by atoms with Crippen molar-refractivity contribution in [2.24, 2.45) is 0 Å². The van der Waals surface area contributed by atoms with E-state index in [4.69, 9.17) is 5.73 Å². The number of nitrogen functional groups attached to an aromatic ring is 1. The summed E-state index contributed by atoms with van der Waals surface area (Å²) < 4.78 is 0.420. The molecule has 0 amide bonds. The van der Waals surface area contributed by atoms with Gasteiger partial charge < -0.3 is 25.7 Å². The maximum Gasteiger partial charge on any atom is 0.458 e. The van der Waals surface area contributed by atoms with Gasteiger partial charge in [-0.2, -0.15) is 0 Å². The molecule has 12 heteroatoms. The third kappa shape index (κ3) is 5.19. The van der Waals surface area contributed by atoms with Gasteiger partial charge in [-0.1, -0.05) is 60.7 Å². The van der Waals surface area contributed by atoms with Gasteiger partial charge in [-0.15, -0.1) is 0 Å². The van der Waals surface area contributed by atoms with Gasteiger partial charge in [0.2, 0.25) is 5.10 Å². The van der Waals surface area contributed by atoms with Gasteiger partial charge in [-0.3, -0.25) is 15.3 Å². The van der Waals surface area contributed by atoms with Crippen molar-refractivity contribution in [2.45, 2.75) is 0 Å². The zero-order valence-corrected chi connectivity index (χ0v) is 21.0. The summed E-state index contributed by atoms with van der Waals surface area (Å²) in [6.45, 7) is 0. The molecule has 0 spiro atoms. The van der Waals surface area contributed by atoms with Crippen molar-refractivity contribution in [3.63, 3.8) is 0 Å². The molecule has 2 aliphatic carbocycles. The van der Waals surface area contributed by atoms with Gasteiger partial charge in [0.15, 0.2) is 28.6 Å². The Balaban J connectivity index is 0.000000182. The fourth-order valence-electron chi connectivity index (χ4n) is 3.67. The number of allylic oxidation sites excluding steroid dienone is 4. The number of anilines is 1. The second-order valence-corrected chi connectivity index (χ2v) is 7.69. The summed E-state index contributed by atoms with van der Waals surface area (Å²) in [6.07, 6.45) is 10.0. The Morgan fingerprint density at radius 3 is 1.82 bits per heavy atom. The minimum Gasteiger partial charge on any atom is -0.739 e. The summed E-state index contributed by atoms with van der Waals surface area (Å²) in [6, 6.07) is 13.3. The number of fused-ring (bicyclic) bond motifs is 3. The van der Waals surface area contributed by atoms with Crippen LogP contribution in [0.3, 0.4) is 0 Å². The normalized spacial score (nSPS) is 12.4. The molecule has 0 bridgehead atoms. The van der Waals surface area contributed by atoms with Gasteiger partial charge in [-0.25, -0.2) is 4.73 Å². The van der Waals surface area contributed by atoms with E-state index in [9.17, 15) is 35.3 Å². The number of hydrogen-bond donors (Lipinski definition) is 4. The van der Waals surface area contributed by atoms with Crippen LogP contribution >= 0.6 is 0 Å². The van der Waals surface area contributed by atoms with E-state index in [-0.39, 0.29) is 61.0 Å². The largest absolute Gasteiger partial charge is 0.739 e. The number of ketones is 2. The first kappa shape index (κ1) is 27.8. The number of nitrogens with zero attached hydrogens (tertiary/aromatic N) is 3. The van der Waals surface area contributed by atoms with E-state index in [0.717, 1.165) is 6.07 Å². The van der Waals surface area contributed by atoms with Crippen LogP contribution in [0.4, 0.5) is 5.95 Å². The molecular weight excluding hydrogens is 528 g/mol. The minimum absolute atomic E-state index is 0. The molecule has 6 rings (SSSR count). The average Bonchev–Trinajstić information content (AvgIpc) is 3.49. The molecule has 0 fully saturated rings. The van der Waals surface area contributed by atoms with Crippen LogP contribution in [0.1, 0.15) is 31.8 Å². The molecule has 0 atom stereocenters. The Hall–Kier alpha value is -4.74. The van der Waals surface area contributed by atoms with Gasteiger partial charge in [0.05, 0.1) is 11.1 Å². The van der Waals surface area contributed by atoms with E-state index >= 15 is 0 Å². The second-order valence-electron chi connectivity index (χ2n) is 7.69. The van der Waals surface area contributed by atoms with Crippen molar-refractivity contribution in [3.05, 3.63) is 118 Å². The number of carbonyl (C=O) groups excluding carboxylic acids is 2. The first-order chi connectivity index (χ1) is 17.7. The number of benzene rings is 3. The van der Waals surface area contributed by atoms with Crippen molar-refractivity contribution < 1.29 is 56.2 Å². The molecule has 1 heterocycles. The number of aromatic hydroxyl groups is 3. The minimum atomic E-state index is -0.694. The first-order valence-electron chi connectivity index (χ1n) is 10.7. The topological polar surface area (TPSA) is 188 Å². The zero-order chi connectivity index (χ0) is 26.7. The molecule has 2 aliphatic rings. The van der Waals surface area contributed by atoms with Crippen LogP contribution < -0.4 is 15.3 Å². The molecule has 0 saturated heterocycles. The summed E-state index contributed by atoms with van der Waals surface area (Å²) in [5.74, 6) is -3.38. The van der Waals surface area contributed by atoms with E-state index in [1.54, 1.807) is 24.3 Å². The van der Waals surface area contributed by atoms with Crippen molar-refractivity contribution >= 4 is 28.5 Å². The van der Waals surface area contributed by atoms with Crippen LogP contribution in [0.25, 0.3) is 11.0 Å². The van der Waals surface area contributed by atoms with E-state index in [1.807, 2.05) is 30.7 Å². The maximum absolute atomic E-state index is 12.2.